The molecule has 2 aromatic rings. The van der Waals surface area contributed by atoms with Gasteiger partial charge in [0.1, 0.15) is 0 Å². The lowest BCUT2D eigenvalue weighted by atomic mass is 10.0. The monoisotopic (exact) mass is 217 g/mol. The van der Waals surface area contributed by atoms with Gasteiger partial charge in [-0.3, -0.25) is 0 Å². The Kier molecular flexibility index (Phi) is 3.19. The number of thiophene rings is 1. The van der Waals surface area contributed by atoms with Crippen molar-refractivity contribution in [2.45, 2.75) is 19.4 Å². The van der Waals surface area contributed by atoms with Gasteiger partial charge in [-0.25, -0.2) is 0 Å². The minimum absolute atomic E-state index is 0.131. The first kappa shape index (κ1) is 10.4. The minimum Gasteiger partial charge on any atom is -0.323 e. The Morgan fingerprint density at radius 2 is 2.13 bits per heavy atom. The Labute approximate surface area is 94.6 Å². The Bertz CT molecular complexity index is 420. The molecule has 2 N–H and O–H groups in total. The lowest BCUT2D eigenvalue weighted by Gasteiger charge is -2.09. The maximum absolute atomic E-state index is 6.13. The standard InChI is InChI=1S/C13H15NS/c1-10-4-2-5-11(8-10)9-12(14)13-6-3-7-15-13/h2-8,12H,9,14H2,1H3. The molecule has 0 aliphatic rings. The van der Waals surface area contributed by atoms with E-state index in [9.17, 15) is 0 Å². The second-order valence-electron chi connectivity index (χ2n) is 3.82. The van der Waals surface area contributed by atoms with Crippen LogP contribution < -0.4 is 5.73 Å². The van der Waals surface area contributed by atoms with Crippen LogP contribution in [0.4, 0.5) is 0 Å². The summed E-state index contributed by atoms with van der Waals surface area (Å²) >= 11 is 1.73. The van der Waals surface area contributed by atoms with Crippen LogP contribution in [0.1, 0.15) is 22.0 Å². The average molecular weight is 217 g/mol. The average Bonchev–Trinajstić information content (AvgIpc) is 2.70. The Morgan fingerprint density at radius 3 is 2.80 bits per heavy atom. The number of benzene rings is 1. The first-order valence-electron chi connectivity index (χ1n) is 5.10. The predicted molar refractivity (Wildman–Crippen MR) is 66.1 cm³/mol. The number of hydrogen-bond acceptors (Lipinski definition) is 2. The summed E-state index contributed by atoms with van der Waals surface area (Å²) in [6.07, 6.45) is 0.919. The van der Waals surface area contributed by atoms with Gasteiger partial charge in [0.2, 0.25) is 0 Å². The van der Waals surface area contributed by atoms with Crippen LogP contribution in [0.25, 0.3) is 0 Å². The lowest BCUT2D eigenvalue weighted by molar-refractivity contribution is 0.736. The number of aryl methyl sites for hydroxylation is 1. The van der Waals surface area contributed by atoms with Crippen molar-refractivity contribution in [2.75, 3.05) is 0 Å². The molecule has 0 spiro atoms. The van der Waals surface area contributed by atoms with Gasteiger partial charge in [0.25, 0.3) is 0 Å². The van der Waals surface area contributed by atoms with Gasteiger partial charge in [0.15, 0.2) is 0 Å². The SMILES string of the molecule is Cc1cccc(CC(N)c2cccs2)c1. The summed E-state index contributed by atoms with van der Waals surface area (Å²) in [4.78, 5) is 1.26. The molecule has 2 rings (SSSR count). The zero-order chi connectivity index (χ0) is 10.7. The molecule has 0 saturated carbocycles. The molecule has 0 aliphatic carbocycles. The third-order valence-electron chi connectivity index (χ3n) is 2.45. The van der Waals surface area contributed by atoms with E-state index < -0.39 is 0 Å². The molecular weight excluding hydrogens is 202 g/mol. The molecule has 0 saturated heterocycles. The van der Waals surface area contributed by atoms with Crippen LogP contribution in [0.5, 0.6) is 0 Å². The number of nitrogens with two attached hydrogens (primary N) is 1. The van der Waals surface area contributed by atoms with E-state index in [1.54, 1.807) is 11.3 Å². The maximum atomic E-state index is 6.13. The van der Waals surface area contributed by atoms with Crippen LogP contribution in [0.2, 0.25) is 0 Å². The summed E-state index contributed by atoms with van der Waals surface area (Å²) in [6.45, 7) is 2.11. The van der Waals surface area contributed by atoms with Gasteiger partial charge in [0.05, 0.1) is 0 Å². The van der Waals surface area contributed by atoms with E-state index in [2.05, 4.69) is 48.7 Å². The van der Waals surface area contributed by atoms with E-state index in [4.69, 9.17) is 5.73 Å². The fourth-order valence-electron chi connectivity index (χ4n) is 1.70. The molecule has 0 aliphatic heterocycles. The molecule has 1 atom stereocenters. The Hall–Kier alpha value is -1.12. The van der Waals surface area contributed by atoms with Crippen molar-refractivity contribution in [2.24, 2.45) is 5.73 Å². The van der Waals surface area contributed by atoms with Crippen molar-refractivity contribution in [3.8, 4) is 0 Å². The minimum atomic E-state index is 0.131. The van der Waals surface area contributed by atoms with Gasteiger partial charge < -0.3 is 5.73 Å². The zero-order valence-electron chi connectivity index (χ0n) is 8.81. The molecule has 78 valence electrons. The van der Waals surface area contributed by atoms with Gasteiger partial charge in [-0.15, -0.1) is 11.3 Å². The van der Waals surface area contributed by atoms with Crippen LogP contribution in [0, 0.1) is 6.92 Å². The van der Waals surface area contributed by atoms with E-state index in [0.29, 0.717) is 0 Å². The van der Waals surface area contributed by atoms with Crippen molar-refractivity contribution >= 4 is 11.3 Å². The zero-order valence-corrected chi connectivity index (χ0v) is 9.63. The van der Waals surface area contributed by atoms with E-state index in [-0.39, 0.29) is 6.04 Å². The number of rotatable bonds is 3. The first-order chi connectivity index (χ1) is 7.25. The normalized spacial score (nSPS) is 12.7. The molecule has 0 bridgehead atoms. The summed E-state index contributed by atoms with van der Waals surface area (Å²) in [5.41, 5.74) is 8.74. The first-order valence-corrected chi connectivity index (χ1v) is 5.98. The second-order valence-corrected chi connectivity index (χ2v) is 4.79. The molecule has 2 heteroatoms. The molecule has 1 aromatic carbocycles. The van der Waals surface area contributed by atoms with Crippen LogP contribution >= 0.6 is 11.3 Å². The molecule has 1 unspecified atom stereocenters. The van der Waals surface area contributed by atoms with Crippen LogP contribution in [-0.2, 0) is 6.42 Å². The smallest absolute Gasteiger partial charge is 0.0430 e. The molecule has 15 heavy (non-hydrogen) atoms. The third-order valence-corrected chi connectivity index (χ3v) is 3.45. The van der Waals surface area contributed by atoms with Crippen LogP contribution in [0.3, 0.4) is 0 Å². The van der Waals surface area contributed by atoms with Gasteiger partial charge in [-0.05, 0) is 30.4 Å². The highest BCUT2D eigenvalue weighted by Gasteiger charge is 2.07. The fourth-order valence-corrected chi connectivity index (χ4v) is 2.43. The highest BCUT2D eigenvalue weighted by molar-refractivity contribution is 7.10. The Balaban J connectivity index is 2.09. The largest absolute Gasteiger partial charge is 0.323 e. The summed E-state index contributed by atoms with van der Waals surface area (Å²) in [5, 5.41) is 2.07. The second kappa shape index (κ2) is 4.60. The van der Waals surface area contributed by atoms with E-state index in [0.717, 1.165) is 6.42 Å². The van der Waals surface area contributed by atoms with Gasteiger partial charge >= 0.3 is 0 Å². The van der Waals surface area contributed by atoms with Gasteiger partial charge in [-0.2, -0.15) is 0 Å². The van der Waals surface area contributed by atoms with Crippen molar-refractivity contribution in [1.82, 2.24) is 0 Å². The van der Waals surface area contributed by atoms with Crippen molar-refractivity contribution in [3.63, 3.8) is 0 Å². The molecule has 0 amide bonds. The topological polar surface area (TPSA) is 26.0 Å². The van der Waals surface area contributed by atoms with Crippen molar-refractivity contribution < 1.29 is 0 Å². The quantitative estimate of drug-likeness (QED) is 0.838. The van der Waals surface area contributed by atoms with Crippen molar-refractivity contribution in [3.05, 3.63) is 57.8 Å². The number of hydrogen-bond donors (Lipinski definition) is 1. The van der Waals surface area contributed by atoms with Crippen LogP contribution in [-0.4, -0.2) is 0 Å². The third kappa shape index (κ3) is 2.67. The van der Waals surface area contributed by atoms with Crippen LogP contribution in [0.15, 0.2) is 41.8 Å². The highest BCUT2D eigenvalue weighted by atomic mass is 32.1. The van der Waals surface area contributed by atoms with Gasteiger partial charge in [-0.1, -0.05) is 35.9 Å². The maximum Gasteiger partial charge on any atom is 0.0430 e. The Morgan fingerprint density at radius 1 is 1.27 bits per heavy atom. The summed E-state index contributed by atoms with van der Waals surface area (Å²) in [6, 6.07) is 12.8. The van der Waals surface area contributed by atoms with E-state index >= 15 is 0 Å². The predicted octanol–water partition coefficient (Wildman–Crippen LogP) is 3.30. The van der Waals surface area contributed by atoms with E-state index in [1.165, 1.54) is 16.0 Å². The van der Waals surface area contributed by atoms with Crippen molar-refractivity contribution in [1.29, 1.82) is 0 Å². The molecule has 0 radical (unpaired) electrons. The summed E-state index contributed by atoms with van der Waals surface area (Å²) in [7, 11) is 0. The van der Waals surface area contributed by atoms with E-state index in [1.807, 2.05) is 0 Å². The molecule has 1 aromatic heterocycles. The van der Waals surface area contributed by atoms with Gasteiger partial charge in [0, 0.05) is 10.9 Å². The molecule has 1 nitrogen and oxygen atoms in total. The molecular formula is C13H15NS. The molecule has 1 heterocycles. The lowest BCUT2D eigenvalue weighted by Crippen LogP contribution is -2.11. The summed E-state index contributed by atoms with van der Waals surface area (Å²) < 4.78 is 0. The molecule has 0 fully saturated rings. The highest BCUT2D eigenvalue weighted by Crippen LogP contribution is 2.20. The summed E-state index contributed by atoms with van der Waals surface area (Å²) in [5.74, 6) is 0. The fraction of sp³-hybridized carbons (Fsp3) is 0.231.